The minimum absolute atomic E-state index is 0.188. The maximum absolute atomic E-state index is 13.8. The van der Waals surface area contributed by atoms with E-state index >= 15 is 0 Å². The second kappa shape index (κ2) is 9.91. The fraction of sp³-hybridized carbons (Fsp3) is 0.222. The third kappa shape index (κ3) is 4.45. The number of nitrogens with zero attached hydrogens (tertiary/aromatic N) is 4. The topological polar surface area (TPSA) is 93.3 Å². The van der Waals surface area contributed by atoms with Gasteiger partial charge in [-0.2, -0.15) is 10.1 Å². The number of halogens is 1. The average molecular weight is 535 g/mol. The van der Waals surface area contributed by atoms with E-state index in [-0.39, 0.29) is 23.6 Å². The minimum atomic E-state index is -0.746. The van der Waals surface area contributed by atoms with Crippen LogP contribution in [0, 0.1) is 5.92 Å². The van der Waals surface area contributed by atoms with Crippen LogP contribution in [0.4, 0.5) is 5.69 Å². The number of fused-ring (bicyclic) bond motifs is 1. The lowest BCUT2D eigenvalue weighted by Crippen LogP contribution is -2.40. The maximum atomic E-state index is 13.8. The summed E-state index contributed by atoms with van der Waals surface area (Å²) in [7, 11) is 0. The molecular weight excluding hydrogens is 512 g/mol. The highest BCUT2D eigenvalue weighted by molar-refractivity contribution is 7.07. The van der Waals surface area contributed by atoms with Gasteiger partial charge in [-0.05, 0) is 56.7 Å². The molecule has 5 rings (SSSR count). The highest BCUT2D eigenvalue weighted by atomic mass is 35.5. The van der Waals surface area contributed by atoms with E-state index in [4.69, 9.17) is 16.3 Å². The first-order valence-corrected chi connectivity index (χ1v) is 12.9. The zero-order chi connectivity index (χ0) is 26.3. The highest BCUT2D eigenvalue weighted by Crippen LogP contribution is 2.31. The van der Waals surface area contributed by atoms with Gasteiger partial charge in [0.2, 0.25) is 0 Å². The number of thiazole rings is 1. The molecule has 0 fully saturated rings. The van der Waals surface area contributed by atoms with E-state index < -0.39 is 17.9 Å². The predicted molar refractivity (Wildman–Crippen MR) is 143 cm³/mol. The molecule has 0 saturated carbocycles. The molecule has 0 N–H and O–H groups in total. The minimum Gasteiger partial charge on any atom is -0.463 e. The van der Waals surface area contributed by atoms with Crippen LogP contribution in [0.5, 0.6) is 0 Å². The number of amides is 1. The number of hydrogen-bond donors (Lipinski definition) is 0. The Morgan fingerprint density at radius 3 is 2.49 bits per heavy atom. The summed E-state index contributed by atoms with van der Waals surface area (Å²) < 4.78 is 7.14. The van der Waals surface area contributed by atoms with Gasteiger partial charge in [-0.1, -0.05) is 53.3 Å². The van der Waals surface area contributed by atoms with Crippen molar-refractivity contribution in [3.8, 4) is 0 Å². The largest absolute Gasteiger partial charge is 0.463 e. The van der Waals surface area contributed by atoms with Crippen LogP contribution in [0.15, 0.2) is 80.8 Å². The molecule has 2 atom stereocenters. The summed E-state index contributed by atoms with van der Waals surface area (Å²) in [6.45, 7) is 5.40. The van der Waals surface area contributed by atoms with Crippen LogP contribution in [-0.2, 0) is 14.3 Å². The Morgan fingerprint density at radius 1 is 1.11 bits per heavy atom. The molecule has 0 radical (unpaired) electrons. The maximum Gasteiger partial charge on any atom is 0.338 e. The van der Waals surface area contributed by atoms with Crippen molar-refractivity contribution in [2.24, 2.45) is 16.0 Å². The molecule has 2 aliphatic heterocycles. The summed E-state index contributed by atoms with van der Waals surface area (Å²) >= 11 is 7.27. The molecule has 188 valence electrons. The SMILES string of the molecule is CCOC(=O)C1=C(C)N=c2s/c(=C/[C@H]3C(=O)N(c4ccccc4)N=C3C)c(=O)n2[C@H]1c1ccc(Cl)cc1. The monoisotopic (exact) mass is 534 g/mol. The number of esters is 1. The standard InChI is InChI=1S/C27H23ClN4O4S/c1-4-36-26(35)22-16(3)29-27-31(23(22)17-10-12-18(28)13-11-17)25(34)21(37-27)14-20-15(2)30-32(24(20)33)19-8-6-5-7-9-19/h5-14,20,23H,4H2,1-3H3/b21-14+/t20-,23+/m1/s1. The lowest BCUT2D eigenvalue weighted by atomic mass is 9.96. The molecule has 0 bridgehead atoms. The quantitative estimate of drug-likeness (QED) is 0.469. The van der Waals surface area contributed by atoms with Crippen LogP contribution in [-0.4, -0.2) is 28.8 Å². The number of hydrazone groups is 1. The van der Waals surface area contributed by atoms with Gasteiger partial charge in [0, 0.05) is 5.02 Å². The van der Waals surface area contributed by atoms with Crippen LogP contribution in [0.3, 0.4) is 0 Å². The van der Waals surface area contributed by atoms with Crippen LogP contribution < -0.4 is 19.9 Å². The number of aromatic nitrogens is 1. The van der Waals surface area contributed by atoms with Crippen molar-refractivity contribution in [1.29, 1.82) is 0 Å². The molecule has 0 spiro atoms. The van der Waals surface area contributed by atoms with E-state index in [1.54, 1.807) is 63.2 Å². The third-order valence-electron chi connectivity index (χ3n) is 6.20. The van der Waals surface area contributed by atoms with Crippen LogP contribution in [0.1, 0.15) is 32.4 Å². The molecule has 37 heavy (non-hydrogen) atoms. The van der Waals surface area contributed by atoms with E-state index in [0.717, 1.165) is 0 Å². The van der Waals surface area contributed by atoms with Crippen LogP contribution in [0.2, 0.25) is 5.02 Å². The molecule has 8 nitrogen and oxygen atoms in total. The molecular formula is C27H23ClN4O4S. The number of carbonyl (C=O) groups excluding carboxylic acids is 2. The van der Waals surface area contributed by atoms with Gasteiger partial charge in [0.15, 0.2) is 4.80 Å². The van der Waals surface area contributed by atoms with Gasteiger partial charge < -0.3 is 4.74 Å². The summed E-state index contributed by atoms with van der Waals surface area (Å²) in [6, 6.07) is 15.4. The van der Waals surface area contributed by atoms with Crippen LogP contribution in [0.25, 0.3) is 6.08 Å². The molecule has 0 aliphatic carbocycles. The number of ether oxygens (including phenoxy) is 1. The zero-order valence-corrected chi connectivity index (χ0v) is 21.9. The summed E-state index contributed by atoms with van der Waals surface area (Å²) in [5.41, 5.74) is 2.33. The third-order valence-corrected chi connectivity index (χ3v) is 7.46. The van der Waals surface area contributed by atoms with E-state index in [9.17, 15) is 14.4 Å². The molecule has 3 aromatic rings. The average Bonchev–Trinajstić information content (AvgIpc) is 3.34. The Morgan fingerprint density at radius 2 is 1.81 bits per heavy atom. The number of carbonyl (C=O) groups is 2. The molecule has 0 saturated heterocycles. The van der Waals surface area contributed by atoms with Crippen molar-refractivity contribution >= 4 is 52.3 Å². The first-order valence-electron chi connectivity index (χ1n) is 11.7. The Labute approximate surface area is 221 Å². The van der Waals surface area contributed by atoms with E-state index in [1.807, 2.05) is 18.2 Å². The highest BCUT2D eigenvalue weighted by Gasteiger charge is 2.35. The first-order chi connectivity index (χ1) is 17.8. The van der Waals surface area contributed by atoms with E-state index in [2.05, 4.69) is 10.1 Å². The van der Waals surface area contributed by atoms with Gasteiger partial charge in [-0.3, -0.25) is 14.2 Å². The molecule has 10 heteroatoms. The van der Waals surface area contributed by atoms with Gasteiger partial charge in [0.25, 0.3) is 11.5 Å². The first kappa shape index (κ1) is 24.9. The number of para-hydroxylation sites is 1. The number of rotatable bonds is 5. The summed E-state index contributed by atoms with van der Waals surface area (Å²) in [5, 5.41) is 6.32. The molecule has 2 aromatic carbocycles. The second-order valence-electron chi connectivity index (χ2n) is 8.58. The van der Waals surface area contributed by atoms with Crippen molar-refractivity contribution in [2.45, 2.75) is 26.8 Å². The molecule has 2 aliphatic rings. The van der Waals surface area contributed by atoms with Crippen molar-refractivity contribution in [2.75, 3.05) is 11.6 Å². The van der Waals surface area contributed by atoms with Gasteiger partial charge in [-0.25, -0.2) is 9.79 Å². The van der Waals surface area contributed by atoms with Gasteiger partial charge in [-0.15, -0.1) is 0 Å². The second-order valence-corrected chi connectivity index (χ2v) is 10.0. The molecule has 3 heterocycles. The normalized spacial score (nSPS) is 19.6. The van der Waals surface area contributed by atoms with Gasteiger partial charge >= 0.3 is 5.97 Å². The Kier molecular flexibility index (Phi) is 6.66. The van der Waals surface area contributed by atoms with Gasteiger partial charge in [0.05, 0.1) is 39.9 Å². The van der Waals surface area contributed by atoms with Crippen molar-refractivity contribution < 1.29 is 14.3 Å². The Balaban J connectivity index is 1.63. The summed E-state index contributed by atoms with van der Waals surface area (Å²) in [4.78, 5) is 45.0. The van der Waals surface area contributed by atoms with Crippen molar-refractivity contribution in [1.82, 2.24) is 4.57 Å². The van der Waals surface area contributed by atoms with Crippen molar-refractivity contribution in [3.63, 3.8) is 0 Å². The smallest absolute Gasteiger partial charge is 0.338 e. The van der Waals surface area contributed by atoms with E-state index in [1.165, 1.54) is 20.9 Å². The number of benzene rings is 2. The van der Waals surface area contributed by atoms with E-state index in [0.29, 0.717) is 37.0 Å². The fourth-order valence-corrected chi connectivity index (χ4v) is 5.62. The lowest BCUT2D eigenvalue weighted by molar-refractivity contribution is -0.139. The van der Waals surface area contributed by atoms with Gasteiger partial charge in [0.1, 0.15) is 5.92 Å². The lowest BCUT2D eigenvalue weighted by Gasteiger charge is -2.24. The molecule has 1 amide bonds. The molecule has 1 aromatic heterocycles. The fourth-order valence-electron chi connectivity index (χ4n) is 4.44. The number of allylic oxidation sites excluding steroid dienone is 1. The Bertz CT molecular complexity index is 1640. The number of hydrogen-bond acceptors (Lipinski definition) is 7. The predicted octanol–water partition coefficient (Wildman–Crippen LogP) is 3.44. The van der Waals surface area contributed by atoms with Crippen LogP contribution >= 0.6 is 22.9 Å². The zero-order valence-electron chi connectivity index (χ0n) is 20.3. The van der Waals surface area contributed by atoms with Crippen molar-refractivity contribution in [3.05, 3.63) is 96.1 Å². The summed E-state index contributed by atoms with van der Waals surface area (Å²) in [6.07, 6.45) is 1.64. The number of anilines is 1. The molecule has 0 unspecified atom stereocenters. The Hall–Kier alpha value is -3.82. The summed E-state index contributed by atoms with van der Waals surface area (Å²) in [5.74, 6) is -1.47.